The fourth-order valence-corrected chi connectivity index (χ4v) is 2.58. The first kappa shape index (κ1) is 13.0. The molecule has 2 aromatic rings. The largest absolute Gasteiger partial charge is 0.478 e. The fourth-order valence-electron chi connectivity index (χ4n) is 1.50. The molecule has 0 radical (unpaired) electrons. The number of aromatic nitrogens is 1. The number of nitrogens with one attached hydrogen (secondary N) is 1. The van der Waals surface area contributed by atoms with Crippen molar-refractivity contribution in [2.75, 3.05) is 5.32 Å². The van der Waals surface area contributed by atoms with Crippen LogP contribution in [0.2, 0.25) is 0 Å². The minimum atomic E-state index is -0.944. The van der Waals surface area contributed by atoms with Gasteiger partial charge >= 0.3 is 5.97 Å². The Morgan fingerprint density at radius 1 is 1.56 bits per heavy atom. The van der Waals surface area contributed by atoms with Crippen LogP contribution in [0.25, 0.3) is 0 Å². The van der Waals surface area contributed by atoms with Gasteiger partial charge in [0.25, 0.3) is 0 Å². The van der Waals surface area contributed by atoms with E-state index in [0.29, 0.717) is 12.2 Å². The molecule has 6 heteroatoms. The number of carboxylic acid groups (broad SMARTS) is 1. The Balaban J connectivity index is 2.17. The van der Waals surface area contributed by atoms with Crippen molar-refractivity contribution in [3.05, 3.63) is 44.3 Å². The number of anilines is 1. The Kier molecular flexibility index (Phi) is 3.98. The topological polar surface area (TPSA) is 62.2 Å². The molecule has 0 amide bonds. The van der Waals surface area contributed by atoms with Crippen LogP contribution in [-0.2, 0) is 6.54 Å². The highest BCUT2D eigenvalue weighted by atomic mass is 79.9. The number of rotatable bonds is 4. The van der Waals surface area contributed by atoms with Gasteiger partial charge in [-0.2, -0.15) is 0 Å². The summed E-state index contributed by atoms with van der Waals surface area (Å²) in [5.74, 6) is -0.944. The Bertz CT molecular complexity index is 583. The summed E-state index contributed by atoms with van der Waals surface area (Å²) in [5.41, 5.74) is 1.82. The average molecular weight is 327 g/mol. The highest BCUT2D eigenvalue weighted by Crippen LogP contribution is 2.22. The Morgan fingerprint density at radius 2 is 2.33 bits per heavy atom. The summed E-state index contributed by atoms with van der Waals surface area (Å²) < 4.78 is 0.838. The van der Waals surface area contributed by atoms with E-state index < -0.39 is 5.97 Å². The number of hydrogen-bond acceptors (Lipinski definition) is 4. The number of thiazole rings is 1. The maximum absolute atomic E-state index is 11.1. The summed E-state index contributed by atoms with van der Waals surface area (Å²) in [6.45, 7) is 2.46. The molecule has 1 aromatic carbocycles. The number of aromatic carboxylic acids is 1. The predicted molar refractivity (Wildman–Crippen MR) is 75.3 cm³/mol. The molecule has 0 saturated carbocycles. The third kappa shape index (κ3) is 3.08. The van der Waals surface area contributed by atoms with Gasteiger partial charge in [0, 0.05) is 15.5 Å². The molecule has 1 heterocycles. The summed E-state index contributed by atoms with van der Waals surface area (Å²) in [6.07, 6.45) is 0. The zero-order chi connectivity index (χ0) is 13.1. The first-order valence-electron chi connectivity index (χ1n) is 5.24. The normalized spacial score (nSPS) is 10.3. The Hall–Kier alpha value is -1.40. The summed E-state index contributed by atoms with van der Waals surface area (Å²) in [4.78, 5) is 15.4. The minimum absolute atomic E-state index is 0.256. The molecule has 94 valence electrons. The molecule has 0 unspecified atom stereocenters. The van der Waals surface area contributed by atoms with E-state index in [-0.39, 0.29) is 5.56 Å². The maximum Gasteiger partial charge on any atom is 0.337 e. The van der Waals surface area contributed by atoms with Crippen molar-refractivity contribution >= 4 is 38.9 Å². The average Bonchev–Trinajstić information content (AvgIpc) is 2.72. The molecule has 0 saturated heterocycles. The van der Waals surface area contributed by atoms with Crippen LogP contribution in [0.1, 0.15) is 21.1 Å². The van der Waals surface area contributed by atoms with Gasteiger partial charge < -0.3 is 10.4 Å². The number of benzene rings is 1. The molecular formula is C12H11BrN2O2S. The molecule has 0 aliphatic heterocycles. The fraction of sp³-hybridized carbons (Fsp3) is 0.167. The van der Waals surface area contributed by atoms with E-state index in [4.69, 9.17) is 5.11 Å². The van der Waals surface area contributed by atoms with Gasteiger partial charge in [0.15, 0.2) is 0 Å². The maximum atomic E-state index is 11.1. The zero-order valence-electron chi connectivity index (χ0n) is 9.61. The zero-order valence-corrected chi connectivity index (χ0v) is 12.0. The van der Waals surface area contributed by atoms with Crippen molar-refractivity contribution in [1.82, 2.24) is 4.98 Å². The summed E-state index contributed by atoms with van der Waals surface area (Å²) in [7, 11) is 0. The Morgan fingerprint density at radius 3 is 2.94 bits per heavy atom. The molecule has 1 aromatic heterocycles. The van der Waals surface area contributed by atoms with Gasteiger partial charge in [0.05, 0.1) is 17.8 Å². The monoisotopic (exact) mass is 326 g/mol. The van der Waals surface area contributed by atoms with Gasteiger partial charge in [-0.25, -0.2) is 9.78 Å². The summed E-state index contributed by atoms with van der Waals surface area (Å²) in [6, 6.07) is 5.04. The molecule has 0 fully saturated rings. The lowest BCUT2D eigenvalue weighted by Crippen LogP contribution is -2.06. The van der Waals surface area contributed by atoms with Crippen molar-refractivity contribution in [1.29, 1.82) is 0 Å². The quantitative estimate of drug-likeness (QED) is 0.902. The van der Waals surface area contributed by atoms with E-state index in [2.05, 4.69) is 26.2 Å². The molecular weight excluding hydrogens is 316 g/mol. The number of hydrogen-bond donors (Lipinski definition) is 2. The van der Waals surface area contributed by atoms with Gasteiger partial charge in [0.2, 0.25) is 0 Å². The van der Waals surface area contributed by atoms with Crippen LogP contribution in [0.4, 0.5) is 5.69 Å². The molecule has 0 bridgehead atoms. The van der Waals surface area contributed by atoms with Gasteiger partial charge in [-0.15, -0.1) is 11.3 Å². The first-order chi connectivity index (χ1) is 8.56. The molecule has 0 aliphatic carbocycles. The van der Waals surface area contributed by atoms with Crippen LogP contribution in [-0.4, -0.2) is 16.1 Å². The van der Waals surface area contributed by atoms with Crippen LogP contribution in [0.3, 0.4) is 0 Å². The van der Waals surface area contributed by atoms with E-state index in [1.54, 1.807) is 29.5 Å². The molecule has 2 rings (SSSR count). The number of aryl methyl sites for hydroxylation is 1. The first-order valence-corrected chi connectivity index (χ1v) is 6.91. The van der Waals surface area contributed by atoms with Crippen LogP contribution in [0.15, 0.2) is 28.1 Å². The van der Waals surface area contributed by atoms with E-state index in [1.807, 2.05) is 12.3 Å². The lowest BCUT2D eigenvalue weighted by molar-refractivity contribution is 0.0698. The smallest absolute Gasteiger partial charge is 0.337 e. The van der Waals surface area contributed by atoms with Crippen molar-refractivity contribution < 1.29 is 9.90 Å². The Labute approximate surface area is 117 Å². The molecule has 4 nitrogen and oxygen atoms in total. The number of nitrogens with zero attached hydrogens (tertiary/aromatic N) is 1. The summed E-state index contributed by atoms with van der Waals surface area (Å²) in [5, 5.41) is 15.1. The van der Waals surface area contributed by atoms with Gasteiger partial charge in [-0.1, -0.05) is 15.9 Å². The van der Waals surface area contributed by atoms with E-state index >= 15 is 0 Å². The van der Waals surface area contributed by atoms with Gasteiger partial charge in [-0.05, 0) is 25.1 Å². The van der Waals surface area contributed by atoms with Crippen molar-refractivity contribution in [3.8, 4) is 0 Å². The molecule has 18 heavy (non-hydrogen) atoms. The lowest BCUT2D eigenvalue weighted by atomic mass is 10.2. The minimum Gasteiger partial charge on any atom is -0.478 e. The highest BCUT2D eigenvalue weighted by molar-refractivity contribution is 9.10. The third-order valence-electron chi connectivity index (χ3n) is 2.31. The van der Waals surface area contributed by atoms with E-state index in [0.717, 1.165) is 15.2 Å². The standard InChI is InChI=1S/C12H11BrN2O2S/c1-7-6-18-11(15-7)5-14-10-4-8(13)2-3-9(10)12(16)17/h2-4,6,14H,5H2,1H3,(H,16,17). The van der Waals surface area contributed by atoms with Gasteiger partial charge in [-0.3, -0.25) is 0 Å². The molecule has 0 aliphatic rings. The molecule has 0 atom stereocenters. The van der Waals surface area contributed by atoms with Crippen LogP contribution in [0.5, 0.6) is 0 Å². The summed E-state index contributed by atoms with van der Waals surface area (Å²) >= 11 is 4.88. The van der Waals surface area contributed by atoms with Crippen LogP contribution >= 0.6 is 27.3 Å². The van der Waals surface area contributed by atoms with Crippen molar-refractivity contribution in [2.45, 2.75) is 13.5 Å². The number of carboxylic acids is 1. The SMILES string of the molecule is Cc1csc(CNc2cc(Br)ccc2C(=O)O)n1. The second kappa shape index (κ2) is 5.49. The van der Waals surface area contributed by atoms with Crippen molar-refractivity contribution in [3.63, 3.8) is 0 Å². The van der Waals surface area contributed by atoms with Crippen LogP contribution < -0.4 is 5.32 Å². The number of halogens is 1. The molecule has 0 spiro atoms. The second-order valence-electron chi connectivity index (χ2n) is 3.73. The predicted octanol–water partition coefficient (Wildman–Crippen LogP) is 3.52. The molecule has 2 N–H and O–H groups in total. The second-order valence-corrected chi connectivity index (χ2v) is 5.59. The third-order valence-corrected chi connectivity index (χ3v) is 3.77. The van der Waals surface area contributed by atoms with Gasteiger partial charge in [0.1, 0.15) is 5.01 Å². The van der Waals surface area contributed by atoms with Crippen molar-refractivity contribution in [2.24, 2.45) is 0 Å². The number of carbonyl (C=O) groups is 1. The highest BCUT2D eigenvalue weighted by Gasteiger charge is 2.10. The van der Waals surface area contributed by atoms with E-state index in [1.165, 1.54) is 0 Å². The van der Waals surface area contributed by atoms with E-state index in [9.17, 15) is 4.79 Å². The lowest BCUT2D eigenvalue weighted by Gasteiger charge is -2.08. The van der Waals surface area contributed by atoms with Crippen LogP contribution in [0, 0.1) is 6.92 Å².